The Kier molecular flexibility index (Phi) is 10.3. The first kappa shape index (κ1) is 32.1. The zero-order valence-electron chi connectivity index (χ0n) is 27.2. The van der Waals surface area contributed by atoms with Gasteiger partial charge in [-0.3, -0.25) is 9.59 Å². The van der Waals surface area contributed by atoms with Gasteiger partial charge in [-0.25, -0.2) is 4.79 Å². The van der Waals surface area contributed by atoms with Gasteiger partial charge in [0.05, 0.1) is 6.42 Å². The van der Waals surface area contributed by atoms with Crippen LogP contribution in [0.15, 0.2) is 11.6 Å². The molecule has 0 heterocycles. The van der Waals surface area contributed by atoms with Crippen LogP contribution in [0.5, 0.6) is 0 Å². The summed E-state index contributed by atoms with van der Waals surface area (Å²) < 4.78 is 5.99. The summed E-state index contributed by atoms with van der Waals surface area (Å²) in [5, 5.41) is 0. The number of Topliss-reactive ketones (excluding diaryl/α,β-unsaturated/α-hetero) is 1. The van der Waals surface area contributed by atoms with Crippen LogP contribution in [-0.4, -0.2) is 60.9 Å². The van der Waals surface area contributed by atoms with Crippen LogP contribution >= 0.6 is 0 Å². The molecule has 0 unspecified atom stereocenters. The van der Waals surface area contributed by atoms with Crippen molar-refractivity contribution >= 4 is 17.8 Å². The lowest BCUT2D eigenvalue weighted by molar-refractivity contribution is -0.133. The molecule has 41 heavy (non-hydrogen) atoms. The summed E-state index contributed by atoms with van der Waals surface area (Å²) in [5.74, 6) is 3.83. The molecule has 232 valence electrons. The molecule has 0 spiro atoms. The number of hydrogen-bond donors (Lipinski definition) is 0. The van der Waals surface area contributed by atoms with Crippen molar-refractivity contribution in [3.63, 3.8) is 0 Å². The number of ketones is 1. The Hall–Kier alpha value is -1.85. The Morgan fingerprint density at radius 3 is 2.41 bits per heavy atom. The van der Waals surface area contributed by atoms with Gasteiger partial charge in [0, 0.05) is 33.6 Å². The second-order valence-corrected chi connectivity index (χ2v) is 15.1. The number of nitrogens with zero attached hydrogens (tertiary/aromatic N) is 2. The van der Waals surface area contributed by atoms with Gasteiger partial charge in [0.1, 0.15) is 11.9 Å². The number of fused-ring (bicyclic) bond motifs is 5. The molecule has 0 aromatic rings. The third-order valence-corrected chi connectivity index (χ3v) is 12.0. The molecular weight excluding hydrogens is 512 g/mol. The summed E-state index contributed by atoms with van der Waals surface area (Å²) in [4.78, 5) is 39.2. The molecule has 3 saturated carbocycles. The van der Waals surface area contributed by atoms with Gasteiger partial charge in [-0.15, -0.1) is 0 Å². The molecule has 6 heteroatoms. The van der Waals surface area contributed by atoms with Crippen molar-refractivity contribution in [1.82, 2.24) is 9.80 Å². The van der Waals surface area contributed by atoms with Gasteiger partial charge in [0.15, 0.2) is 0 Å². The van der Waals surface area contributed by atoms with Crippen LogP contribution in [0.1, 0.15) is 118 Å². The molecule has 0 saturated heterocycles. The van der Waals surface area contributed by atoms with E-state index in [9.17, 15) is 14.4 Å². The summed E-state index contributed by atoms with van der Waals surface area (Å²) in [6, 6.07) is 0. The molecule has 4 aliphatic rings. The van der Waals surface area contributed by atoms with Gasteiger partial charge in [-0.05, 0) is 98.7 Å². The third kappa shape index (κ3) is 7.04. The van der Waals surface area contributed by atoms with E-state index >= 15 is 0 Å². The van der Waals surface area contributed by atoms with E-state index in [2.05, 4.69) is 33.8 Å². The minimum Gasteiger partial charge on any atom is -0.446 e. The summed E-state index contributed by atoms with van der Waals surface area (Å²) in [6.07, 6.45) is 17.4. The average molecular weight is 571 g/mol. The number of carbonyl (C=O) groups excluding carboxylic acids is 3. The summed E-state index contributed by atoms with van der Waals surface area (Å²) >= 11 is 0. The number of unbranched alkanes of at least 4 members (excludes halogenated alkanes) is 1. The van der Waals surface area contributed by atoms with E-state index in [1.807, 2.05) is 0 Å². The highest BCUT2D eigenvalue weighted by atomic mass is 16.6. The molecule has 2 amide bonds. The highest BCUT2D eigenvalue weighted by Gasteiger charge is 2.58. The van der Waals surface area contributed by atoms with E-state index in [-0.39, 0.29) is 35.7 Å². The number of allylic oxidation sites excluding steroid dienone is 1. The quantitative estimate of drug-likeness (QED) is 0.145. The zero-order chi connectivity index (χ0) is 29.9. The number of hydrogen-bond acceptors (Lipinski definition) is 4. The van der Waals surface area contributed by atoms with Crippen LogP contribution in [-0.2, 0) is 14.3 Å². The Morgan fingerprint density at radius 2 is 1.71 bits per heavy atom. The van der Waals surface area contributed by atoms with Crippen molar-refractivity contribution in [3.8, 4) is 0 Å². The molecule has 0 aromatic heterocycles. The second kappa shape index (κ2) is 13.2. The van der Waals surface area contributed by atoms with Crippen molar-refractivity contribution in [2.45, 2.75) is 124 Å². The van der Waals surface area contributed by atoms with Crippen LogP contribution < -0.4 is 0 Å². The number of ether oxygens (including phenoxy) is 1. The van der Waals surface area contributed by atoms with Crippen molar-refractivity contribution < 1.29 is 19.1 Å². The monoisotopic (exact) mass is 570 g/mol. The molecule has 0 bridgehead atoms. The summed E-state index contributed by atoms with van der Waals surface area (Å²) in [7, 11) is 3.39. The first-order valence-electron chi connectivity index (χ1n) is 16.7. The molecule has 7 atom stereocenters. The lowest BCUT2D eigenvalue weighted by Gasteiger charge is -2.58. The maximum Gasteiger partial charge on any atom is 0.409 e. The maximum atomic E-state index is 12.9. The summed E-state index contributed by atoms with van der Waals surface area (Å²) in [5.41, 5.74) is 2.31. The predicted octanol–water partition coefficient (Wildman–Crippen LogP) is 7.66. The fourth-order valence-electron chi connectivity index (χ4n) is 9.35. The van der Waals surface area contributed by atoms with Crippen LogP contribution in [0, 0.1) is 40.4 Å². The van der Waals surface area contributed by atoms with E-state index in [1.54, 1.807) is 19.0 Å². The standard InChI is InChI=1S/C35H58N2O4/c1-24(2)10-8-9-11-26-13-15-30-29-14-12-27-23-28(16-18-35(27,5)31(29)17-19-34(26,30)4)41-33(40)37(7)21-20-36(6)32(39)22-25(3)38/h12,24,26,28-31H,8-11,13-23H2,1-7H3/t26-,28-,29-,30-,31-,34+,35-/m0/s1. The van der Waals surface area contributed by atoms with Gasteiger partial charge in [-0.1, -0.05) is 58.6 Å². The number of amides is 2. The van der Waals surface area contributed by atoms with E-state index in [1.165, 1.54) is 75.2 Å². The smallest absolute Gasteiger partial charge is 0.409 e. The van der Waals surface area contributed by atoms with Crippen LogP contribution in [0.4, 0.5) is 4.79 Å². The molecule has 6 nitrogen and oxygen atoms in total. The maximum absolute atomic E-state index is 12.9. The number of carbonyl (C=O) groups is 3. The Labute approximate surface area is 250 Å². The Morgan fingerprint density at radius 1 is 0.976 bits per heavy atom. The Bertz CT molecular complexity index is 991. The fourth-order valence-corrected chi connectivity index (χ4v) is 9.35. The highest BCUT2D eigenvalue weighted by molar-refractivity contribution is 5.96. The molecule has 0 radical (unpaired) electrons. The molecule has 0 aliphatic heterocycles. The van der Waals surface area contributed by atoms with Gasteiger partial charge in [-0.2, -0.15) is 0 Å². The SMILES string of the molecule is CC(=O)CC(=O)N(C)CCN(C)C(=O)O[C@H]1CC[C@@]2(C)C(=CC[C@H]3[C@@H]4CC[C@H](CCCCC(C)C)[C@@]4(C)CC[C@@H]32)C1. The third-order valence-electron chi connectivity index (χ3n) is 12.0. The lowest BCUT2D eigenvalue weighted by atomic mass is 9.47. The number of rotatable bonds is 11. The molecule has 0 N–H and O–H groups in total. The van der Waals surface area contributed by atoms with Crippen LogP contribution in [0.25, 0.3) is 0 Å². The van der Waals surface area contributed by atoms with Crippen molar-refractivity contribution in [1.29, 1.82) is 0 Å². The fraction of sp³-hybridized carbons (Fsp3) is 0.857. The zero-order valence-corrected chi connectivity index (χ0v) is 27.2. The van der Waals surface area contributed by atoms with Gasteiger partial charge in [0.25, 0.3) is 0 Å². The first-order chi connectivity index (χ1) is 19.3. The molecule has 3 fully saturated rings. The van der Waals surface area contributed by atoms with Crippen molar-refractivity contribution in [2.75, 3.05) is 27.2 Å². The van der Waals surface area contributed by atoms with E-state index in [4.69, 9.17) is 4.74 Å². The molecule has 4 aliphatic carbocycles. The highest BCUT2D eigenvalue weighted by Crippen LogP contribution is 2.66. The average Bonchev–Trinajstić information content (AvgIpc) is 3.25. The molecule has 0 aromatic carbocycles. The van der Waals surface area contributed by atoms with E-state index in [0.29, 0.717) is 18.5 Å². The van der Waals surface area contributed by atoms with Gasteiger partial charge < -0.3 is 14.5 Å². The van der Waals surface area contributed by atoms with E-state index in [0.717, 1.165) is 48.9 Å². The van der Waals surface area contributed by atoms with Crippen molar-refractivity contribution in [2.24, 2.45) is 40.4 Å². The largest absolute Gasteiger partial charge is 0.446 e. The Balaban J connectivity index is 1.30. The van der Waals surface area contributed by atoms with E-state index < -0.39 is 0 Å². The molecule has 4 rings (SSSR count). The summed E-state index contributed by atoms with van der Waals surface area (Å²) in [6.45, 7) is 12.1. The first-order valence-corrected chi connectivity index (χ1v) is 16.7. The van der Waals surface area contributed by atoms with Crippen LogP contribution in [0.3, 0.4) is 0 Å². The number of likely N-dealkylation sites (N-methyl/N-ethyl adjacent to an activating group) is 2. The second-order valence-electron chi connectivity index (χ2n) is 15.1. The normalized spacial score (nSPS) is 34.2. The minimum absolute atomic E-state index is 0.0755. The molecular formula is C35H58N2O4. The minimum atomic E-state index is -0.320. The predicted molar refractivity (Wildman–Crippen MR) is 164 cm³/mol. The lowest BCUT2D eigenvalue weighted by Crippen LogP contribution is -2.50. The topological polar surface area (TPSA) is 66.9 Å². The van der Waals surface area contributed by atoms with Crippen molar-refractivity contribution in [3.05, 3.63) is 11.6 Å². The van der Waals surface area contributed by atoms with Crippen LogP contribution in [0.2, 0.25) is 0 Å². The van der Waals surface area contributed by atoms with Gasteiger partial charge >= 0.3 is 6.09 Å². The van der Waals surface area contributed by atoms with Gasteiger partial charge in [0.2, 0.25) is 5.91 Å².